The maximum absolute atomic E-state index is 2.56. The van der Waals surface area contributed by atoms with Gasteiger partial charge in [-0.15, -0.1) is 0 Å². The van der Waals surface area contributed by atoms with E-state index in [1.165, 1.54) is 70.6 Å². The zero-order valence-electron chi connectivity index (χ0n) is 16.2. The van der Waals surface area contributed by atoms with Crippen LogP contribution >= 0.6 is 0 Å². The lowest BCUT2D eigenvalue weighted by Crippen LogP contribution is -2.35. The van der Waals surface area contributed by atoms with Gasteiger partial charge in [0.2, 0.25) is 0 Å². The van der Waals surface area contributed by atoms with Crippen LogP contribution in [0.25, 0.3) is 0 Å². The number of hydrogen-bond donors (Lipinski definition) is 0. The largest absolute Gasteiger partial charge is 0.0654 e. The molecule has 2 saturated carbocycles. The first-order valence-electron chi connectivity index (χ1n) is 10.5. The van der Waals surface area contributed by atoms with E-state index in [1.54, 1.807) is 0 Å². The van der Waals surface area contributed by atoms with Gasteiger partial charge in [0.05, 0.1) is 0 Å². The third-order valence-corrected chi connectivity index (χ3v) is 7.64. The summed E-state index contributed by atoms with van der Waals surface area (Å²) in [5.41, 5.74) is 0.600. The van der Waals surface area contributed by atoms with Crippen LogP contribution in [0.3, 0.4) is 0 Å². The van der Waals surface area contributed by atoms with Gasteiger partial charge in [0.1, 0.15) is 0 Å². The van der Waals surface area contributed by atoms with E-state index in [9.17, 15) is 0 Å². The average Bonchev–Trinajstić information content (AvgIpc) is 2.49. The summed E-state index contributed by atoms with van der Waals surface area (Å²) in [6, 6.07) is 0. The highest BCUT2D eigenvalue weighted by molar-refractivity contribution is 4.89. The number of rotatable bonds is 6. The molecule has 130 valence electrons. The van der Waals surface area contributed by atoms with Crippen LogP contribution < -0.4 is 0 Å². The van der Waals surface area contributed by atoms with Gasteiger partial charge in [-0.05, 0) is 60.7 Å². The molecule has 5 atom stereocenters. The Morgan fingerprint density at radius 1 is 0.818 bits per heavy atom. The lowest BCUT2D eigenvalue weighted by molar-refractivity contribution is 0.0509. The van der Waals surface area contributed by atoms with Crippen molar-refractivity contribution in [2.24, 2.45) is 35.0 Å². The summed E-state index contributed by atoms with van der Waals surface area (Å²) >= 11 is 0. The smallest absolute Gasteiger partial charge is 0.0323 e. The third-order valence-electron chi connectivity index (χ3n) is 7.64. The molecule has 2 rings (SSSR count). The molecule has 0 spiro atoms. The molecule has 0 saturated heterocycles. The van der Waals surface area contributed by atoms with Crippen molar-refractivity contribution in [2.45, 2.75) is 105 Å². The molecule has 0 heterocycles. The number of hydrogen-bond acceptors (Lipinski definition) is 0. The van der Waals surface area contributed by atoms with E-state index in [4.69, 9.17) is 0 Å². The van der Waals surface area contributed by atoms with Gasteiger partial charge in [-0.2, -0.15) is 0 Å². The zero-order chi connectivity index (χ0) is 16.2. The van der Waals surface area contributed by atoms with Crippen molar-refractivity contribution in [1.29, 1.82) is 0 Å². The molecule has 0 nitrogen and oxygen atoms in total. The second-order valence-corrected chi connectivity index (χ2v) is 9.33. The van der Waals surface area contributed by atoms with E-state index >= 15 is 0 Å². The van der Waals surface area contributed by atoms with Gasteiger partial charge in [0.25, 0.3) is 0 Å². The van der Waals surface area contributed by atoms with Crippen LogP contribution in [-0.2, 0) is 0 Å². The highest BCUT2D eigenvalue weighted by Crippen LogP contribution is 2.49. The van der Waals surface area contributed by atoms with E-state index in [-0.39, 0.29) is 0 Å². The predicted molar refractivity (Wildman–Crippen MR) is 99.0 cm³/mol. The molecule has 2 aliphatic carbocycles. The fourth-order valence-electron chi connectivity index (χ4n) is 6.09. The molecule has 0 radical (unpaired) electrons. The molecule has 0 aromatic rings. The second-order valence-electron chi connectivity index (χ2n) is 9.33. The van der Waals surface area contributed by atoms with Crippen LogP contribution in [-0.4, -0.2) is 0 Å². The van der Waals surface area contributed by atoms with Crippen LogP contribution in [0.1, 0.15) is 105 Å². The molecule has 0 heteroatoms. The molecule has 5 unspecified atom stereocenters. The fraction of sp³-hybridized carbons (Fsp3) is 1.00. The van der Waals surface area contributed by atoms with Crippen LogP contribution in [0.15, 0.2) is 0 Å². The second kappa shape index (κ2) is 8.20. The van der Waals surface area contributed by atoms with Gasteiger partial charge in [-0.3, -0.25) is 0 Å². The molecule has 0 aromatic carbocycles. The van der Waals surface area contributed by atoms with Crippen molar-refractivity contribution in [3.63, 3.8) is 0 Å². The quantitative estimate of drug-likeness (QED) is 0.477. The average molecular weight is 307 g/mol. The van der Waals surface area contributed by atoms with Crippen molar-refractivity contribution < 1.29 is 0 Å². The lowest BCUT2D eigenvalue weighted by Gasteiger charge is -2.45. The molecular weight excluding hydrogens is 264 g/mol. The van der Waals surface area contributed by atoms with Crippen LogP contribution in [0, 0.1) is 35.0 Å². The van der Waals surface area contributed by atoms with Crippen molar-refractivity contribution in [3.05, 3.63) is 0 Å². The highest BCUT2D eigenvalue weighted by atomic mass is 14.4. The molecule has 0 N–H and O–H groups in total. The van der Waals surface area contributed by atoms with Crippen molar-refractivity contribution in [1.82, 2.24) is 0 Å². The Bertz CT molecular complexity index is 316. The summed E-state index contributed by atoms with van der Waals surface area (Å²) in [6.45, 7) is 12.5. The standard InChI is InChI=1S/C22H42/c1-6-10-21-20(13-9-16-22(21,4)5)15-14-19-12-8-11-18(7-2)17(19)3/h17-21H,6-16H2,1-5H3. The molecule has 0 aromatic heterocycles. The Kier molecular flexibility index (Phi) is 6.84. The lowest BCUT2D eigenvalue weighted by atomic mass is 9.60. The predicted octanol–water partition coefficient (Wildman–Crippen LogP) is 7.47. The Balaban J connectivity index is 1.91. The normalized spacial score (nSPS) is 38.9. The van der Waals surface area contributed by atoms with Gasteiger partial charge in [-0.25, -0.2) is 0 Å². The first kappa shape index (κ1) is 18.3. The van der Waals surface area contributed by atoms with Gasteiger partial charge in [-0.1, -0.05) is 79.6 Å². The third kappa shape index (κ3) is 4.30. The van der Waals surface area contributed by atoms with Gasteiger partial charge in [0.15, 0.2) is 0 Å². The van der Waals surface area contributed by atoms with E-state index in [0.29, 0.717) is 5.41 Å². The Morgan fingerprint density at radius 3 is 2.14 bits per heavy atom. The highest BCUT2D eigenvalue weighted by Gasteiger charge is 2.38. The summed E-state index contributed by atoms with van der Waals surface area (Å²) < 4.78 is 0. The van der Waals surface area contributed by atoms with Gasteiger partial charge in [0, 0.05) is 0 Å². The fourth-order valence-corrected chi connectivity index (χ4v) is 6.09. The van der Waals surface area contributed by atoms with Crippen molar-refractivity contribution in [2.75, 3.05) is 0 Å². The van der Waals surface area contributed by atoms with Gasteiger partial charge >= 0.3 is 0 Å². The van der Waals surface area contributed by atoms with E-state index in [0.717, 1.165) is 29.6 Å². The SMILES string of the molecule is CCCC1C(CCC2CCCC(CC)C2C)CCCC1(C)C. The molecule has 2 aliphatic rings. The summed E-state index contributed by atoms with van der Waals surface area (Å²) in [5.74, 6) is 5.06. The molecule has 22 heavy (non-hydrogen) atoms. The molecule has 0 aliphatic heterocycles. The van der Waals surface area contributed by atoms with Crippen LogP contribution in [0.2, 0.25) is 0 Å². The molecule has 2 fully saturated rings. The summed E-state index contributed by atoms with van der Waals surface area (Å²) in [5, 5.41) is 0. The van der Waals surface area contributed by atoms with Crippen LogP contribution in [0.5, 0.6) is 0 Å². The van der Waals surface area contributed by atoms with Crippen molar-refractivity contribution in [3.8, 4) is 0 Å². The van der Waals surface area contributed by atoms with E-state index in [1.807, 2.05) is 0 Å². The van der Waals surface area contributed by atoms with Crippen molar-refractivity contribution >= 4 is 0 Å². The Hall–Kier alpha value is 0. The van der Waals surface area contributed by atoms with Gasteiger partial charge < -0.3 is 0 Å². The maximum Gasteiger partial charge on any atom is -0.0323 e. The minimum Gasteiger partial charge on any atom is -0.0654 e. The maximum atomic E-state index is 2.56. The molecular formula is C22H42. The molecule has 0 amide bonds. The first-order valence-corrected chi connectivity index (χ1v) is 10.5. The monoisotopic (exact) mass is 306 g/mol. The first-order chi connectivity index (χ1) is 10.5. The van der Waals surface area contributed by atoms with E-state index in [2.05, 4.69) is 34.6 Å². The van der Waals surface area contributed by atoms with E-state index < -0.39 is 0 Å². The Labute approximate surface area is 140 Å². The Morgan fingerprint density at radius 2 is 1.45 bits per heavy atom. The minimum atomic E-state index is 0.600. The van der Waals surface area contributed by atoms with Crippen LogP contribution in [0.4, 0.5) is 0 Å². The summed E-state index contributed by atoms with van der Waals surface area (Å²) in [6.07, 6.45) is 16.3. The topological polar surface area (TPSA) is 0 Å². The minimum absolute atomic E-state index is 0.600. The summed E-state index contributed by atoms with van der Waals surface area (Å²) in [4.78, 5) is 0. The zero-order valence-corrected chi connectivity index (χ0v) is 16.2. The molecule has 0 bridgehead atoms. The summed E-state index contributed by atoms with van der Waals surface area (Å²) in [7, 11) is 0.